The van der Waals surface area contributed by atoms with E-state index in [2.05, 4.69) is 15.3 Å². The maximum absolute atomic E-state index is 12.4. The Hall–Kier alpha value is -3.15. The van der Waals surface area contributed by atoms with Gasteiger partial charge < -0.3 is 15.4 Å². The molecule has 1 aromatic heterocycles. The van der Waals surface area contributed by atoms with E-state index < -0.39 is 5.97 Å². The van der Waals surface area contributed by atoms with E-state index in [-0.39, 0.29) is 17.5 Å². The van der Waals surface area contributed by atoms with E-state index in [9.17, 15) is 9.59 Å². The second kappa shape index (κ2) is 7.23. The van der Waals surface area contributed by atoms with Crippen molar-refractivity contribution in [1.29, 1.82) is 0 Å². The minimum atomic E-state index is -0.971. The smallest absolute Gasteiger partial charge is 0.335 e. The molecule has 1 fully saturated rings. The number of hydrogen-bond acceptors (Lipinski definition) is 3. The minimum Gasteiger partial charge on any atom is -0.478 e. The van der Waals surface area contributed by atoms with Crippen molar-refractivity contribution in [3.05, 3.63) is 53.6 Å². The van der Waals surface area contributed by atoms with Crippen LogP contribution in [0.15, 0.2) is 42.5 Å². The van der Waals surface area contributed by atoms with Gasteiger partial charge in [-0.2, -0.15) is 0 Å². The lowest BCUT2D eigenvalue weighted by molar-refractivity contribution is 0.0696. The number of nitrogens with one attached hydrogen (secondary N) is 2. The van der Waals surface area contributed by atoms with E-state index in [1.54, 1.807) is 24.3 Å². The molecule has 6 nitrogen and oxygen atoms in total. The zero-order valence-electron chi connectivity index (χ0n) is 14.9. The topological polar surface area (TPSA) is 95.1 Å². The number of fused-ring (bicyclic) bond motifs is 1. The van der Waals surface area contributed by atoms with Gasteiger partial charge in [0.05, 0.1) is 16.6 Å². The number of carboxylic acid groups (broad SMARTS) is 1. The number of aromatic nitrogens is 2. The van der Waals surface area contributed by atoms with Gasteiger partial charge in [-0.05, 0) is 43.2 Å². The molecule has 1 aliphatic rings. The average Bonchev–Trinajstić information content (AvgIpc) is 3.12. The number of carboxylic acids is 1. The number of nitrogens with zero attached hydrogens (tertiary/aromatic N) is 1. The third-order valence-corrected chi connectivity index (χ3v) is 5.09. The van der Waals surface area contributed by atoms with E-state index in [0.29, 0.717) is 22.4 Å². The molecule has 6 heteroatoms. The van der Waals surface area contributed by atoms with Gasteiger partial charge in [-0.1, -0.05) is 31.4 Å². The van der Waals surface area contributed by atoms with Gasteiger partial charge in [-0.3, -0.25) is 4.79 Å². The van der Waals surface area contributed by atoms with E-state index in [4.69, 9.17) is 5.11 Å². The van der Waals surface area contributed by atoms with Crippen LogP contribution in [0.4, 0.5) is 0 Å². The van der Waals surface area contributed by atoms with Crippen LogP contribution in [0.2, 0.25) is 0 Å². The van der Waals surface area contributed by atoms with Crippen molar-refractivity contribution < 1.29 is 14.7 Å². The Morgan fingerprint density at radius 2 is 1.70 bits per heavy atom. The second-order valence-electron chi connectivity index (χ2n) is 7.01. The third kappa shape index (κ3) is 3.69. The first-order chi connectivity index (χ1) is 13.1. The summed E-state index contributed by atoms with van der Waals surface area (Å²) in [5.74, 6) is -0.364. The molecule has 0 bridgehead atoms. The van der Waals surface area contributed by atoms with Crippen LogP contribution in [0, 0.1) is 0 Å². The molecule has 3 N–H and O–H groups in total. The van der Waals surface area contributed by atoms with E-state index >= 15 is 0 Å². The summed E-state index contributed by atoms with van der Waals surface area (Å²) in [6.45, 7) is 0. The van der Waals surface area contributed by atoms with Gasteiger partial charge in [-0.25, -0.2) is 9.78 Å². The summed E-state index contributed by atoms with van der Waals surface area (Å²) in [7, 11) is 0. The van der Waals surface area contributed by atoms with Crippen LogP contribution in [0.5, 0.6) is 0 Å². The van der Waals surface area contributed by atoms with Gasteiger partial charge in [0.2, 0.25) is 0 Å². The van der Waals surface area contributed by atoms with Gasteiger partial charge in [0, 0.05) is 17.2 Å². The molecule has 2 aromatic carbocycles. The zero-order valence-corrected chi connectivity index (χ0v) is 14.9. The van der Waals surface area contributed by atoms with Crippen molar-refractivity contribution in [2.45, 2.75) is 38.1 Å². The summed E-state index contributed by atoms with van der Waals surface area (Å²) in [5, 5.41) is 12.2. The summed E-state index contributed by atoms with van der Waals surface area (Å²) >= 11 is 0. The number of carbonyl (C=O) groups is 2. The van der Waals surface area contributed by atoms with Gasteiger partial charge >= 0.3 is 5.97 Å². The maximum Gasteiger partial charge on any atom is 0.335 e. The quantitative estimate of drug-likeness (QED) is 0.653. The van der Waals surface area contributed by atoms with Crippen molar-refractivity contribution in [2.24, 2.45) is 0 Å². The Morgan fingerprint density at radius 1 is 1.00 bits per heavy atom. The molecule has 0 unspecified atom stereocenters. The molecule has 1 heterocycles. The maximum atomic E-state index is 12.4. The van der Waals surface area contributed by atoms with Gasteiger partial charge in [0.15, 0.2) is 0 Å². The standard InChI is InChI=1S/C21H21N3O3/c25-20(22-16-4-2-1-3-5-16)14-8-6-13(7-9-14)19-23-17-11-10-15(21(26)27)12-18(17)24-19/h6-12,16H,1-5H2,(H,22,25)(H,23,24)(H,26,27). The van der Waals surface area contributed by atoms with Gasteiger partial charge in [0.25, 0.3) is 5.91 Å². The average molecular weight is 363 g/mol. The second-order valence-corrected chi connectivity index (χ2v) is 7.01. The molecule has 4 rings (SSSR count). The van der Waals surface area contributed by atoms with Crippen molar-refractivity contribution in [1.82, 2.24) is 15.3 Å². The predicted molar refractivity (Wildman–Crippen MR) is 103 cm³/mol. The molecule has 0 atom stereocenters. The van der Waals surface area contributed by atoms with Crippen LogP contribution in [0.1, 0.15) is 52.8 Å². The highest BCUT2D eigenvalue weighted by Gasteiger charge is 2.17. The number of carbonyl (C=O) groups excluding carboxylic acids is 1. The first kappa shape index (κ1) is 17.3. The fraction of sp³-hybridized carbons (Fsp3) is 0.286. The molecule has 0 aliphatic heterocycles. The summed E-state index contributed by atoms with van der Waals surface area (Å²) in [4.78, 5) is 31.2. The largest absolute Gasteiger partial charge is 0.478 e. The molecule has 1 amide bonds. The SMILES string of the molecule is O=C(O)c1ccc2nc(-c3ccc(C(=O)NC4CCCCC4)cc3)[nH]c2c1. The number of imidazole rings is 1. The van der Waals surface area contributed by atoms with Crippen LogP contribution in [-0.2, 0) is 0 Å². The lowest BCUT2D eigenvalue weighted by Crippen LogP contribution is -2.36. The van der Waals surface area contributed by atoms with Crippen LogP contribution >= 0.6 is 0 Å². The van der Waals surface area contributed by atoms with Crippen molar-refractivity contribution >= 4 is 22.9 Å². The van der Waals surface area contributed by atoms with E-state index in [1.807, 2.05) is 12.1 Å². The van der Waals surface area contributed by atoms with Gasteiger partial charge in [0.1, 0.15) is 5.82 Å². The number of aromatic carboxylic acids is 1. The van der Waals surface area contributed by atoms with Crippen molar-refractivity contribution in [2.75, 3.05) is 0 Å². The van der Waals surface area contributed by atoms with E-state index in [0.717, 1.165) is 18.4 Å². The van der Waals surface area contributed by atoms with Crippen LogP contribution < -0.4 is 5.32 Å². The zero-order chi connectivity index (χ0) is 18.8. The van der Waals surface area contributed by atoms with E-state index in [1.165, 1.54) is 25.3 Å². The highest BCUT2D eigenvalue weighted by Crippen LogP contribution is 2.22. The number of H-pyrrole nitrogens is 1. The summed E-state index contributed by atoms with van der Waals surface area (Å²) in [5.41, 5.74) is 3.07. The number of amides is 1. The molecular weight excluding hydrogens is 342 g/mol. The normalized spacial score (nSPS) is 15.0. The molecular formula is C21H21N3O3. The van der Waals surface area contributed by atoms with Crippen molar-refractivity contribution in [3.63, 3.8) is 0 Å². The molecule has 0 spiro atoms. The number of hydrogen-bond donors (Lipinski definition) is 3. The molecule has 3 aromatic rings. The lowest BCUT2D eigenvalue weighted by Gasteiger charge is -2.22. The molecule has 0 saturated heterocycles. The summed E-state index contributed by atoms with van der Waals surface area (Å²) in [6.07, 6.45) is 5.73. The Bertz CT molecular complexity index is 986. The number of rotatable bonds is 4. The molecule has 27 heavy (non-hydrogen) atoms. The molecule has 0 radical (unpaired) electrons. The molecule has 1 saturated carbocycles. The Balaban J connectivity index is 1.52. The van der Waals surface area contributed by atoms with Crippen LogP contribution in [0.25, 0.3) is 22.4 Å². The fourth-order valence-electron chi connectivity index (χ4n) is 3.57. The van der Waals surface area contributed by atoms with Crippen LogP contribution in [-0.4, -0.2) is 33.0 Å². The molecule has 1 aliphatic carbocycles. The Morgan fingerprint density at radius 3 is 2.41 bits per heavy atom. The Labute approximate surface area is 156 Å². The highest BCUT2D eigenvalue weighted by molar-refractivity contribution is 5.95. The van der Waals surface area contributed by atoms with Crippen molar-refractivity contribution in [3.8, 4) is 11.4 Å². The lowest BCUT2D eigenvalue weighted by atomic mass is 9.95. The predicted octanol–water partition coefficient (Wildman–Crippen LogP) is 3.99. The third-order valence-electron chi connectivity index (χ3n) is 5.09. The Kier molecular flexibility index (Phi) is 4.62. The summed E-state index contributed by atoms with van der Waals surface area (Å²) in [6, 6.07) is 12.4. The number of aromatic amines is 1. The molecule has 138 valence electrons. The highest BCUT2D eigenvalue weighted by atomic mass is 16.4. The fourth-order valence-corrected chi connectivity index (χ4v) is 3.57. The van der Waals surface area contributed by atoms with Crippen LogP contribution in [0.3, 0.4) is 0 Å². The monoisotopic (exact) mass is 363 g/mol. The summed E-state index contributed by atoms with van der Waals surface area (Å²) < 4.78 is 0. The van der Waals surface area contributed by atoms with Gasteiger partial charge in [-0.15, -0.1) is 0 Å². The first-order valence-electron chi connectivity index (χ1n) is 9.24. The minimum absolute atomic E-state index is 0.0378. The first-order valence-corrected chi connectivity index (χ1v) is 9.24. The number of benzene rings is 2.